The van der Waals surface area contributed by atoms with Crippen molar-refractivity contribution >= 4 is 39.2 Å². The minimum atomic E-state index is -0.142. The highest BCUT2D eigenvalue weighted by Gasteiger charge is 2.28. The number of amides is 1. The summed E-state index contributed by atoms with van der Waals surface area (Å²) < 4.78 is 7.34. The van der Waals surface area contributed by atoms with Gasteiger partial charge in [-0.1, -0.05) is 38.1 Å². The summed E-state index contributed by atoms with van der Waals surface area (Å²) in [6.45, 7) is 13.3. The first-order valence-corrected chi connectivity index (χ1v) is 14.1. The SMILES string of the molecule is C/C=C(\C(C)=NC)c1cc2c3cccc(NC4=CC(C(=O)NCCN5CCOCC5)=CCC4(C)C)c3cnn2c1. The molecule has 1 saturated heterocycles. The zero-order valence-electron chi connectivity index (χ0n) is 24.3. The van der Waals surface area contributed by atoms with Crippen LogP contribution in [-0.2, 0) is 9.53 Å². The van der Waals surface area contributed by atoms with E-state index in [0.717, 1.165) is 83.8 Å². The fraction of sp³-hybridized carbons (Fsp3) is 0.406. The molecule has 0 bridgehead atoms. The van der Waals surface area contributed by atoms with E-state index in [4.69, 9.17) is 9.84 Å². The smallest absolute Gasteiger partial charge is 0.251 e. The van der Waals surface area contributed by atoms with Gasteiger partial charge in [0, 0.05) is 83.8 Å². The van der Waals surface area contributed by atoms with Crippen molar-refractivity contribution < 1.29 is 9.53 Å². The average Bonchev–Trinajstić information content (AvgIpc) is 3.39. The third-order valence-corrected chi connectivity index (χ3v) is 8.03. The van der Waals surface area contributed by atoms with E-state index in [1.807, 2.05) is 43.8 Å². The molecule has 1 aromatic carbocycles. The van der Waals surface area contributed by atoms with Crippen LogP contribution in [0.25, 0.3) is 21.9 Å². The van der Waals surface area contributed by atoms with Crippen LogP contribution in [0.4, 0.5) is 5.69 Å². The quantitative estimate of drug-likeness (QED) is 0.389. The highest BCUT2D eigenvalue weighted by atomic mass is 16.5. The van der Waals surface area contributed by atoms with Crippen molar-refractivity contribution in [3.63, 3.8) is 0 Å². The van der Waals surface area contributed by atoms with Gasteiger partial charge in [0.1, 0.15) is 0 Å². The van der Waals surface area contributed by atoms with E-state index >= 15 is 0 Å². The molecule has 0 saturated carbocycles. The molecule has 8 heteroatoms. The largest absolute Gasteiger partial charge is 0.379 e. The molecule has 8 nitrogen and oxygen atoms in total. The second kappa shape index (κ2) is 11.8. The molecular formula is C32H40N6O2. The number of carbonyl (C=O) groups is 1. The van der Waals surface area contributed by atoms with Crippen molar-refractivity contribution in [2.24, 2.45) is 10.4 Å². The van der Waals surface area contributed by atoms with Gasteiger partial charge in [-0.15, -0.1) is 0 Å². The van der Waals surface area contributed by atoms with Crippen LogP contribution in [0.2, 0.25) is 0 Å². The number of anilines is 1. The van der Waals surface area contributed by atoms with Crippen molar-refractivity contribution in [1.29, 1.82) is 0 Å². The van der Waals surface area contributed by atoms with Gasteiger partial charge < -0.3 is 15.4 Å². The van der Waals surface area contributed by atoms with Gasteiger partial charge in [-0.3, -0.25) is 14.7 Å². The number of aliphatic imine (C=N–C) groups is 1. The molecule has 1 fully saturated rings. The number of fused-ring (bicyclic) bond motifs is 3. The molecule has 0 radical (unpaired) electrons. The third kappa shape index (κ3) is 5.74. The van der Waals surface area contributed by atoms with Crippen LogP contribution < -0.4 is 10.6 Å². The molecule has 2 aromatic heterocycles. The van der Waals surface area contributed by atoms with E-state index in [2.05, 4.69) is 70.9 Å². The lowest BCUT2D eigenvalue weighted by Crippen LogP contribution is -2.41. The van der Waals surface area contributed by atoms with Crippen molar-refractivity contribution in [3.05, 3.63) is 71.7 Å². The standard InChI is InChI=1S/C32H40N6O2/c1-6-25(22(2)33-5)24-18-29-26-8-7-9-28(27(26)20-35-38(29)21-24)36-30-19-23(10-11-32(30,3)4)31(39)34-12-13-37-14-16-40-17-15-37/h6-10,18-21,36H,11-17H2,1-5H3,(H,34,39)/b25-6+,33-22?. The number of allylic oxidation sites excluding steroid dienone is 4. The van der Waals surface area contributed by atoms with E-state index in [9.17, 15) is 4.79 Å². The lowest BCUT2D eigenvalue weighted by molar-refractivity contribution is -0.117. The maximum atomic E-state index is 13.0. The summed E-state index contributed by atoms with van der Waals surface area (Å²) in [5.74, 6) is -0.0317. The Balaban J connectivity index is 1.39. The molecule has 210 valence electrons. The molecule has 2 aliphatic rings. The van der Waals surface area contributed by atoms with Gasteiger partial charge in [0.2, 0.25) is 0 Å². The average molecular weight is 541 g/mol. The Kier molecular flexibility index (Phi) is 8.19. The Morgan fingerprint density at radius 3 is 2.77 bits per heavy atom. The first kappa shape index (κ1) is 27.8. The summed E-state index contributed by atoms with van der Waals surface area (Å²) >= 11 is 0. The number of rotatable bonds is 8. The lowest BCUT2D eigenvalue weighted by atomic mass is 9.80. The summed E-state index contributed by atoms with van der Waals surface area (Å²) in [5, 5.41) is 13.7. The maximum Gasteiger partial charge on any atom is 0.251 e. The summed E-state index contributed by atoms with van der Waals surface area (Å²) in [6, 6.07) is 8.45. The van der Waals surface area contributed by atoms with E-state index in [1.54, 1.807) is 0 Å². The normalized spacial score (nSPS) is 18.5. The molecule has 0 spiro atoms. The molecule has 1 aliphatic carbocycles. The monoisotopic (exact) mass is 540 g/mol. The molecule has 3 aromatic rings. The van der Waals surface area contributed by atoms with Gasteiger partial charge in [0.05, 0.1) is 24.9 Å². The number of hydrogen-bond acceptors (Lipinski definition) is 6. The van der Waals surface area contributed by atoms with Crippen LogP contribution >= 0.6 is 0 Å². The van der Waals surface area contributed by atoms with Crippen LogP contribution in [0.15, 0.2) is 71.1 Å². The fourth-order valence-corrected chi connectivity index (χ4v) is 5.41. The predicted octanol–water partition coefficient (Wildman–Crippen LogP) is 5.08. The van der Waals surface area contributed by atoms with Gasteiger partial charge in [-0.2, -0.15) is 5.10 Å². The van der Waals surface area contributed by atoms with Gasteiger partial charge in [0.25, 0.3) is 5.91 Å². The first-order chi connectivity index (χ1) is 19.3. The summed E-state index contributed by atoms with van der Waals surface area (Å²) in [5.41, 5.74) is 6.78. The van der Waals surface area contributed by atoms with Crippen LogP contribution in [0.1, 0.15) is 39.7 Å². The zero-order valence-corrected chi connectivity index (χ0v) is 24.3. The Labute approximate surface area is 236 Å². The highest BCUT2D eigenvalue weighted by Crippen LogP contribution is 2.38. The highest BCUT2D eigenvalue weighted by molar-refractivity contribution is 6.23. The van der Waals surface area contributed by atoms with Crippen molar-refractivity contribution in [2.75, 3.05) is 51.8 Å². The van der Waals surface area contributed by atoms with E-state index in [0.29, 0.717) is 12.1 Å². The number of benzene rings is 1. The van der Waals surface area contributed by atoms with Gasteiger partial charge >= 0.3 is 0 Å². The Hall–Kier alpha value is -3.75. The number of nitrogens with one attached hydrogen (secondary N) is 2. The number of carbonyl (C=O) groups excluding carboxylic acids is 1. The lowest BCUT2D eigenvalue weighted by Gasteiger charge is -2.32. The Morgan fingerprint density at radius 1 is 1.23 bits per heavy atom. The number of aromatic nitrogens is 2. The van der Waals surface area contributed by atoms with Crippen LogP contribution in [0.3, 0.4) is 0 Å². The van der Waals surface area contributed by atoms with E-state index in [-0.39, 0.29) is 11.3 Å². The van der Waals surface area contributed by atoms with Gasteiger partial charge in [-0.05, 0) is 44.1 Å². The predicted molar refractivity (Wildman–Crippen MR) is 164 cm³/mol. The van der Waals surface area contributed by atoms with E-state index < -0.39 is 0 Å². The molecule has 0 unspecified atom stereocenters. The van der Waals surface area contributed by atoms with Crippen LogP contribution in [0.5, 0.6) is 0 Å². The topological polar surface area (TPSA) is 83.3 Å². The molecular weight excluding hydrogens is 500 g/mol. The summed E-state index contributed by atoms with van der Waals surface area (Å²) in [4.78, 5) is 19.7. The second-order valence-electron chi connectivity index (χ2n) is 11.1. The zero-order chi connectivity index (χ0) is 28.3. The summed E-state index contributed by atoms with van der Waals surface area (Å²) in [6.07, 6.45) is 10.9. The number of morpholine rings is 1. The molecule has 1 amide bonds. The first-order valence-electron chi connectivity index (χ1n) is 14.1. The third-order valence-electron chi connectivity index (χ3n) is 8.03. The molecule has 1 aliphatic heterocycles. The fourth-order valence-electron chi connectivity index (χ4n) is 5.41. The molecule has 40 heavy (non-hydrogen) atoms. The molecule has 5 rings (SSSR count). The minimum absolute atomic E-state index is 0.0317. The van der Waals surface area contributed by atoms with Crippen molar-refractivity contribution in [3.8, 4) is 0 Å². The van der Waals surface area contributed by atoms with Crippen molar-refractivity contribution in [1.82, 2.24) is 19.8 Å². The Bertz CT molecular complexity index is 1540. The van der Waals surface area contributed by atoms with Gasteiger partial charge in [0.15, 0.2) is 0 Å². The summed E-state index contributed by atoms with van der Waals surface area (Å²) in [7, 11) is 1.82. The van der Waals surface area contributed by atoms with Crippen molar-refractivity contribution in [2.45, 2.75) is 34.1 Å². The Morgan fingerprint density at radius 2 is 2.02 bits per heavy atom. The molecule has 3 heterocycles. The van der Waals surface area contributed by atoms with E-state index in [1.165, 1.54) is 0 Å². The second-order valence-corrected chi connectivity index (χ2v) is 11.1. The molecule has 0 atom stereocenters. The number of hydrogen-bond donors (Lipinski definition) is 2. The number of nitrogens with zero attached hydrogens (tertiary/aromatic N) is 4. The van der Waals surface area contributed by atoms with Crippen LogP contribution in [0, 0.1) is 5.41 Å². The molecule has 2 N–H and O–H groups in total. The van der Waals surface area contributed by atoms with Crippen LogP contribution in [-0.4, -0.2) is 72.6 Å². The maximum absolute atomic E-state index is 13.0. The number of ether oxygens (including phenoxy) is 1. The van der Waals surface area contributed by atoms with Gasteiger partial charge in [-0.25, -0.2) is 4.52 Å². The minimum Gasteiger partial charge on any atom is -0.379 e.